The van der Waals surface area contributed by atoms with Crippen LogP contribution in [0.4, 0.5) is 4.39 Å². The van der Waals surface area contributed by atoms with E-state index >= 15 is 0 Å². The summed E-state index contributed by atoms with van der Waals surface area (Å²) in [5, 5.41) is 3.23. The van der Waals surface area contributed by atoms with Gasteiger partial charge in [-0.3, -0.25) is 0 Å². The summed E-state index contributed by atoms with van der Waals surface area (Å²) in [4.78, 5) is -0.200. The molecule has 0 atom stereocenters. The van der Waals surface area contributed by atoms with Gasteiger partial charge in [0.1, 0.15) is 10.7 Å². The Kier molecular flexibility index (Phi) is 7.25. The van der Waals surface area contributed by atoms with Gasteiger partial charge in [-0.2, -0.15) is 4.31 Å². The molecule has 1 aromatic carbocycles. The molecule has 1 aliphatic heterocycles. The first-order valence-electron chi connectivity index (χ1n) is 7.46. The Morgan fingerprint density at radius 1 is 1.32 bits per heavy atom. The summed E-state index contributed by atoms with van der Waals surface area (Å²) < 4.78 is 41.5. The minimum absolute atomic E-state index is 0. The van der Waals surface area contributed by atoms with Crippen molar-refractivity contribution in [1.82, 2.24) is 9.62 Å². The van der Waals surface area contributed by atoms with Crippen LogP contribution in [0.2, 0.25) is 0 Å². The molecule has 1 fully saturated rings. The van der Waals surface area contributed by atoms with E-state index in [4.69, 9.17) is 0 Å². The van der Waals surface area contributed by atoms with Gasteiger partial charge >= 0.3 is 0 Å². The van der Waals surface area contributed by atoms with E-state index in [-0.39, 0.29) is 23.3 Å². The van der Waals surface area contributed by atoms with Crippen LogP contribution in [0.25, 0.3) is 0 Å². The molecule has 7 heteroatoms. The highest BCUT2D eigenvalue weighted by atomic mass is 35.5. The number of sulfonamides is 1. The van der Waals surface area contributed by atoms with Crippen molar-refractivity contribution in [2.45, 2.75) is 44.0 Å². The molecule has 0 spiro atoms. The van der Waals surface area contributed by atoms with Crippen LogP contribution in [0.3, 0.4) is 0 Å². The van der Waals surface area contributed by atoms with E-state index in [1.807, 2.05) is 6.92 Å². The molecule has 0 unspecified atom stereocenters. The van der Waals surface area contributed by atoms with Gasteiger partial charge in [-0.1, -0.05) is 19.1 Å². The third-order valence-electron chi connectivity index (χ3n) is 3.90. The van der Waals surface area contributed by atoms with Crippen LogP contribution in [0, 0.1) is 12.7 Å². The van der Waals surface area contributed by atoms with E-state index in [0.29, 0.717) is 12.1 Å². The summed E-state index contributed by atoms with van der Waals surface area (Å²) in [6.45, 7) is 5.56. The van der Waals surface area contributed by atoms with Gasteiger partial charge in [0.2, 0.25) is 10.0 Å². The van der Waals surface area contributed by atoms with Crippen LogP contribution >= 0.6 is 12.4 Å². The maximum atomic E-state index is 14.2. The third-order valence-corrected chi connectivity index (χ3v) is 5.87. The number of hydrogen-bond donors (Lipinski definition) is 1. The molecule has 1 aliphatic rings. The van der Waals surface area contributed by atoms with E-state index in [2.05, 4.69) is 5.32 Å². The fourth-order valence-corrected chi connectivity index (χ4v) is 4.68. The molecule has 4 nitrogen and oxygen atoms in total. The fraction of sp³-hybridized carbons (Fsp3) is 0.600. The average Bonchev–Trinajstić information content (AvgIpc) is 2.48. The molecular weight excluding hydrogens is 327 g/mol. The average molecular weight is 351 g/mol. The molecule has 1 N–H and O–H groups in total. The molecule has 1 saturated heterocycles. The van der Waals surface area contributed by atoms with Crippen molar-refractivity contribution in [2.24, 2.45) is 0 Å². The molecular formula is C15H24ClFN2O2S. The Morgan fingerprint density at radius 3 is 2.55 bits per heavy atom. The van der Waals surface area contributed by atoms with E-state index in [9.17, 15) is 12.8 Å². The van der Waals surface area contributed by atoms with Gasteiger partial charge in [-0.05, 0) is 50.9 Å². The summed E-state index contributed by atoms with van der Waals surface area (Å²) in [6, 6.07) is 4.50. The van der Waals surface area contributed by atoms with Gasteiger partial charge in [0.15, 0.2) is 0 Å². The van der Waals surface area contributed by atoms with Crippen LogP contribution < -0.4 is 5.32 Å². The van der Waals surface area contributed by atoms with Crippen molar-refractivity contribution in [2.75, 3.05) is 19.6 Å². The first-order valence-corrected chi connectivity index (χ1v) is 8.90. The number of piperidine rings is 1. The largest absolute Gasteiger partial charge is 0.317 e. The Morgan fingerprint density at radius 2 is 1.95 bits per heavy atom. The summed E-state index contributed by atoms with van der Waals surface area (Å²) in [5.74, 6) is -0.632. The minimum Gasteiger partial charge on any atom is -0.317 e. The zero-order chi connectivity index (χ0) is 15.5. The van der Waals surface area contributed by atoms with Crippen molar-refractivity contribution in [3.63, 3.8) is 0 Å². The lowest BCUT2D eigenvalue weighted by atomic mass is 10.1. The first kappa shape index (κ1) is 19.4. The Balaban J connectivity index is 0.00000242. The lowest BCUT2D eigenvalue weighted by Crippen LogP contribution is -2.46. The highest BCUT2D eigenvalue weighted by Gasteiger charge is 2.33. The zero-order valence-electron chi connectivity index (χ0n) is 13.0. The number of benzene rings is 1. The summed E-state index contributed by atoms with van der Waals surface area (Å²) in [6.07, 6.45) is 2.26. The highest BCUT2D eigenvalue weighted by Crippen LogP contribution is 2.26. The second-order valence-corrected chi connectivity index (χ2v) is 7.34. The van der Waals surface area contributed by atoms with Gasteiger partial charge in [-0.25, -0.2) is 12.8 Å². The second-order valence-electron chi connectivity index (χ2n) is 5.48. The number of rotatable bonds is 5. The maximum Gasteiger partial charge on any atom is 0.246 e. The Bertz CT molecular complexity index is 589. The topological polar surface area (TPSA) is 49.4 Å². The molecule has 2 rings (SSSR count). The van der Waals surface area contributed by atoms with Crippen LogP contribution in [-0.2, 0) is 10.0 Å². The molecule has 1 heterocycles. The molecule has 1 aromatic rings. The van der Waals surface area contributed by atoms with Crippen molar-refractivity contribution < 1.29 is 12.8 Å². The summed E-state index contributed by atoms with van der Waals surface area (Å²) in [5.41, 5.74) is 0.359. The standard InChI is InChI=1S/C15H23FN2O2S.ClH/c1-3-11-18(13-7-9-17-10-8-13)21(19,20)14-6-4-5-12(2)15(14)16;/h4-6,13,17H,3,7-11H2,1-2H3;1H. The Hall–Kier alpha value is -0.690. The molecule has 22 heavy (non-hydrogen) atoms. The van der Waals surface area contributed by atoms with E-state index in [0.717, 1.165) is 32.4 Å². The van der Waals surface area contributed by atoms with Crippen molar-refractivity contribution in [3.8, 4) is 0 Å². The van der Waals surface area contributed by atoms with E-state index < -0.39 is 15.8 Å². The van der Waals surface area contributed by atoms with Crippen molar-refractivity contribution in [3.05, 3.63) is 29.6 Å². The molecule has 0 bridgehead atoms. The second kappa shape index (κ2) is 8.24. The zero-order valence-corrected chi connectivity index (χ0v) is 14.6. The number of aryl methyl sites for hydroxylation is 1. The summed E-state index contributed by atoms with van der Waals surface area (Å²) in [7, 11) is -3.79. The predicted molar refractivity (Wildman–Crippen MR) is 88.5 cm³/mol. The highest BCUT2D eigenvalue weighted by molar-refractivity contribution is 7.89. The monoisotopic (exact) mass is 350 g/mol. The van der Waals surface area contributed by atoms with Crippen LogP contribution in [0.15, 0.2) is 23.1 Å². The number of nitrogens with one attached hydrogen (secondary N) is 1. The SMILES string of the molecule is CCCN(C1CCNCC1)S(=O)(=O)c1cccc(C)c1F.Cl. The Labute approximate surface area is 138 Å². The van der Waals surface area contributed by atoms with Crippen LogP contribution in [0.1, 0.15) is 31.7 Å². The molecule has 0 aromatic heterocycles. The van der Waals surface area contributed by atoms with Gasteiger partial charge in [0.05, 0.1) is 0 Å². The third kappa shape index (κ3) is 3.98. The lowest BCUT2D eigenvalue weighted by Gasteiger charge is -2.33. The van der Waals surface area contributed by atoms with Gasteiger partial charge in [0, 0.05) is 12.6 Å². The maximum absolute atomic E-state index is 14.2. The molecule has 0 aliphatic carbocycles. The van der Waals surface area contributed by atoms with Gasteiger partial charge in [-0.15, -0.1) is 12.4 Å². The smallest absolute Gasteiger partial charge is 0.246 e. The van der Waals surface area contributed by atoms with Crippen LogP contribution in [0.5, 0.6) is 0 Å². The summed E-state index contributed by atoms with van der Waals surface area (Å²) >= 11 is 0. The number of halogens is 2. The van der Waals surface area contributed by atoms with Crippen molar-refractivity contribution in [1.29, 1.82) is 0 Å². The molecule has 0 amide bonds. The molecule has 0 saturated carbocycles. The number of hydrogen-bond acceptors (Lipinski definition) is 3. The lowest BCUT2D eigenvalue weighted by molar-refractivity contribution is 0.261. The number of nitrogens with zero attached hydrogens (tertiary/aromatic N) is 1. The quantitative estimate of drug-likeness (QED) is 0.888. The minimum atomic E-state index is -3.79. The first-order chi connectivity index (χ1) is 9.98. The van der Waals surface area contributed by atoms with Crippen molar-refractivity contribution >= 4 is 22.4 Å². The molecule has 0 radical (unpaired) electrons. The van der Waals surface area contributed by atoms with Gasteiger partial charge in [0.25, 0.3) is 0 Å². The van der Waals surface area contributed by atoms with E-state index in [1.54, 1.807) is 19.1 Å². The van der Waals surface area contributed by atoms with E-state index in [1.165, 1.54) is 10.4 Å². The normalized spacial score (nSPS) is 16.5. The predicted octanol–water partition coefficient (Wildman–Crippen LogP) is 2.71. The molecule has 126 valence electrons. The van der Waals surface area contributed by atoms with Crippen LogP contribution in [-0.4, -0.2) is 38.4 Å². The van der Waals surface area contributed by atoms with Gasteiger partial charge < -0.3 is 5.32 Å². The fourth-order valence-electron chi connectivity index (χ4n) is 2.76.